The van der Waals surface area contributed by atoms with Crippen molar-refractivity contribution in [2.75, 3.05) is 39.4 Å². The number of imide groups is 1. The molecule has 1 heterocycles. The Balaban J connectivity index is 0.00000280. The number of amides is 2. The van der Waals surface area contributed by atoms with Gasteiger partial charge >= 0.3 is 0 Å². The van der Waals surface area contributed by atoms with Crippen molar-refractivity contribution in [3.8, 4) is 0 Å². The third kappa shape index (κ3) is 5.06. The van der Waals surface area contributed by atoms with E-state index in [2.05, 4.69) is 27.8 Å². The summed E-state index contributed by atoms with van der Waals surface area (Å²) in [5.74, 6) is 1.20. The molecular weight excluding hydrogens is 471 g/mol. The molecule has 1 aliphatic heterocycles. The smallest absolute Gasteiger partial charge is 0.233 e. The number of nitrogens with zero attached hydrogens (tertiary/aromatic N) is 2. The molecule has 1 saturated carbocycles. The zero-order valence-electron chi connectivity index (χ0n) is 16.9. The first-order valence-corrected chi connectivity index (χ1v) is 10.3. The number of guanidine groups is 1. The summed E-state index contributed by atoms with van der Waals surface area (Å²) in [6.07, 6.45) is 6.85. The van der Waals surface area contributed by atoms with Crippen LogP contribution in [0, 0.1) is 23.7 Å². The summed E-state index contributed by atoms with van der Waals surface area (Å²) in [5, 5.41) is 6.50. The molecule has 0 aromatic heterocycles. The minimum atomic E-state index is -0.0969. The average molecular weight is 504 g/mol. The van der Waals surface area contributed by atoms with E-state index in [0.717, 1.165) is 45.1 Å². The van der Waals surface area contributed by atoms with Gasteiger partial charge in [-0.15, -0.1) is 24.0 Å². The lowest BCUT2D eigenvalue weighted by Gasteiger charge is -2.17. The van der Waals surface area contributed by atoms with Crippen LogP contribution in [0.15, 0.2) is 17.1 Å². The average Bonchev–Trinajstić information content (AvgIpc) is 3.34. The molecule has 8 heteroatoms. The zero-order chi connectivity index (χ0) is 19.2. The molecule has 4 atom stereocenters. The van der Waals surface area contributed by atoms with Gasteiger partial charge in [0.2, 0.25) is 11.8 Å². The number of ether oxygens (including phenoxy) is 1. The Morgan fingerprint density at radius 1 is 1.14 bits per heavy atom. The molecule has 0 spiro atoms. The van der Waals surface area contributed by atoms with E-state index in [9.17, 15) is 9.59 Å². The molecule has 4 unspecified atom stereocenters. The van der Waals surface area contributed by atoms with Gasteiger partial charge < -0.3 is 15.4 Å². The van der Waals surface area contributed by atoms with Gasteiger partial charge in [0.15, 0.2) is 5.96 Å². The molecule has 2 amide bonds. The third-order valence-corrected chi connectivity index (χ3v) is 5.68. The van der Waals surface area contributed by atoms with E-state index in [1.54, 1.807) is 0 Å². The van der Waals surface area contributed by atoms with Crippen LogP contribution in [-0.4, -0.2) is 62.1 Å². The Labute approximate surface area is 184 Å². The van der Waals surface area contributed by atoms with Crippen LogP contribution in [0.1, 0.15) is 33.1 Å². The molecule has 1 saturated heterocycles. The highest BCUT2D eigenvalue weighted by Gasteiger charge is 2.58. The van der Waals surface area contributed by atoms with Gasteiger partial charge in [-0.05, 0) is 44.9 Å². The van der Waals surface area contributed by atoms with Crippen LogP contribution < -0.4 is 10.6 Å². The van der Waals surface area contributed by atoms with Gasteiger partial charge in [-0.25, -0.2) is 0 Å². The van der Waals surface area contributed by atoms with Crippen LogP contribution in [0.5, 0.6) is 0 Å². The second kappa shape index (κ2) is 11.1. The molecule has 2 fully saturated rings. The van der Waals surface area contributed by atoms with Gasteiger partial charge in [0, 0.05) is 39.4 Å². The number of carbonyl (C=O) groups is 2. The number of rotatable bonds is 10. The van der Waals surface area contributed by atoms with E-state index >= 15 is 0 Å². The molecule has 2 bridgehead atoms. The molecule has 0 radical (unpaired) electrons. The van der Waals surface area contributed by atoms with Gasteiger partial charge in [-0.1, -0.05) is 12.2 Å². The topological polar surface area (TPSA) is 83.0 Å². The fourth-order valence-corrected chi connectivity index (χ4v) is 4.47. The number of carbonyl (C=O) groups excluding carboxylic acids is 2. The summed E-state index contributed by atoms with van der Waals surface area (Å²) in [6.45, 7) is 8.13. The molecule has 158 valence electrons. The molecule has 2 N–H and O–H groups in total. The summed E-state index contributed by atoms with van der Waals surface area (Å²) in [4.78, 5) is 31.3. The number of halogens is 1. The molecule has 7 nitrogen and oxygen atoms in total. The van der Waals surface area contributed by atoms with Gasteiger partial charge in [0.05, 0.1) is 11.8 Å². The molecule has 0 aromatic carbocycles. The maximum absolute atomic E-state index is 12.6. The third-order valence-electron chi connectivity index (χ3n) is 5.68. The van der Waals surface area contributed by atoms with Gasteiger partial charge in [-0.2, -0.15) is 0 Å². The number of allylic oxidation sites excluding steroid dienone is 2. The van der Waals surface area contributed by atoms with Gasteiger partial charge in [-0.3, -0.25) is 19.5 Å². The number of hydrogen-bond donors (Lipinski definition) is 2. The van der Waals surface area contributed by atoms with Crippen molar-refractivity contribution in [3.05, 3.63) is 12.2 Å². The van der Waals surface area contributed by atoms with Crippen molar-refractivity contribution < 1.29 is 14.3 Å². The van der Waals surface area contributed by atoms with Crippen LogP contribution in [0.25, 0.3) is 0 Å². The van der Waals surface area contributed by atoms with Crippen molar-refractivity contribution in [2.45, 2.75) is 33.1 Å². The van der Waals surface area contributed by atoms with E-state index < -0.39 is 0 Å². The standard InChI is InChI=1S/C20H32N4O3.HI/c1-3-21-20(23-10-6-12-27-4-2)22-9-5-11-24-18(25)16-14-7-8-15(13-14)17(16)19(24)26;/h7-8,14-17H,3-6,9-13H2,1-2H3,(H2,21,22,23);1H. The first-order chi connectivity index (χ1) is 13.2. The van der Waals surface area contributed by atoms with E-state index in [-0.39, 0.29) is 59.5 Å². The van der Waals surface area contributed by atoms with Crippen LogP contribution in [0.4, 0.5) is 0 Å². The largest absolute Gasteiger partial charge is 0.382 e. The number of hydrogen-bond acceptors (Lipinski definition) is 4. The summed E-state index contributed by atoms with van der Waals surface area (Å²) in [7, 11) is 0. The summed E-state index contributed by atoms with van der Waals surface area (Å²) in [5.41, 5.74) is 0. The fourth-order valence-electron chi connectivity index (χ4n) is 4.47. The Kier molecular flexibility index (Phi) is 9.20. The monoisotopic (exact) mass is 504 g/mol. The van der Waals surface area contributed by atoms with Crippen molar-refractivity contribution in [2.24, 2.45) is 28.7 Å². The number of aliphatic imine (C=N–C) groups is 1. The Morgan fingerprint density at radius 2 is 1.82 bits per heavy atom. The van der Waals surface area contributed by atoms with Crippen LogP contribution >= 0.6 is 24.0 Å². The van der Waals surface area contributed by atoms with E-state index in [4.69, 9.17) is 4.74 Å². The maximum atomic E-state index is 12.6. The fraction of sp³-hybridized carbons (Fsp3) is 0.750. The molecule has 2 aliphatic carbocycles. The van der Waals surface area contributed by atoms with Gasteiger partial charge in [0.25, 0.3) is 0 Å². The summed E-state index contributed by atoms with van der Waals surface area (Å²) < 4.78 is 5.33. The summed E-state index contributed by atoms with van der Waals surface area (Å²) >= 11 is 0. The van der Waals surface area contributed by atoms with Crippen molar-refractivity contribution in [3.63, 3.8) is 0 Å². The van der Waals surface area contributed by atoms with Crippen LogP contribution in [0.3, 0.4) is 0 Å². The minimum Gasteiger partial charge on any atom is -0.382 e. The first-order valence-electron chi connectivity index (χ1n) is 10.3. The number of likely N-dealkylation sites (tertiary alicyclic amines) is 1. The second-order valence-corrected chi connectivity index (χ2v) is 7.42. The highest BCUT2D eigenvalue weighted by atomic mass is 127. The van der Waals surface area contributed by atoms with E-state index in [0.29, 0.717) is 19.5 Å². The Morgan fingerprint density at radius 3 is 2.43 bits per heavy atom. The van der Waals surface area contributed by atoms with Crippen molar-refractivity contribution in [1.82, 2.24) is 15.5 Å². The van der Waals surface area contributed by atoms with E-state index in [1.807, 2.05) is 13.8 Å². The normalized spacial score (nSPS) is 27.9. The highest BCUT2D eigenvalue weighted by Crippen LogP contribution is 2.52. The number of nitrogens with one attached hydrogen (secondary N) is 2. The first kappa shape index (κ1) is 23.1. The predicted molar refractivity (Wildman–Crippen MR) is 120 cm³/mol. The maximum Gasteiger partial charge on any atom is 0.233 e. The lowest BCUT2D eigenvalue weighted by Crippen LogP contribution is -2.38. The van der Waals surface area contributed by atoms with Gasteiger partial charge in [0.1, 0.15) is 0 Å². The Hall–Kier alpha value is -1.16. The lowest BCUT2D eigenvalue weighted by atomic mass is 9.85. The molecule has 28 heavy (non-hydrogen) atoms. The van der Waals surface area contributed by atoms with Crippen molar-refractivity contribution >= 4 is 41.8 Å². The van der Waals surface area contributed by atoms with E-state index in [1.165, 1.54) is 4.90 Å². The quantitative estimate of drug-likeness (QED) is 0.118. The van der Waals surface area contributed by atoms with Crippen LogP contribution in [-0.2, 0) is 14.3 Å². The predicted octanol–water partition coefficient (Wildman–Crippen LogP) is 1.78. The molecule has 3 aliphatic rings. The zero-order valence-corrected chi connectivity index (χ0v) is 19.2. The van der Waals surface area contributed by atoms with Crippen LogP contribution in [0.2, 0.25) is 0 Å². The highest BCUT2D eigenvalue weighted by molar-refractivity contribution is 14.0. The summed E-state index contributed by atoms with van der Waals surface area (Å²) in [6, 6.07) is 0. The van der Waals surface area contributed by atoms with Crippen molar-refractivity contribution in [1.29, 1.82) is 0 Å². The molecular formula is C20H33IN4O3. The molecule has 0 aromatic rings. The number of fused-ring (bicyclic) bond motifs is 5. The lowest BCUT2D eigenvalue weighted by molar-refractivity contribution is -0.140. The SMILES string of the molecule is CCNC(=NCCCN1C(=O)C2C3C=CC(C3)C2C1=O)NCCCOCC.I. The Bertz CT molecular complexity index is 580. The second-order valence-electron chi connectivity index (χ2n) is 7.42. The molecule has 3 rings (SSSR count). The minimum absolute atomic E-state index is 0.